The quantitative estimate of drug-likeness (QED) is 0.504. The minimum absolute atomic E-state index is 0.837. The first-order valence-corrected chi connectivity index (χ1v) is 9.39. The van der Waals surface area contributed by atoms with Crippen LogP contribution in [0.5, 0.6) is 0 Å². The number of hydrogen-bond acceptors (Lipinski definition) is 0. The van der Waals surface area contributed by atoms with Crippen molar-refractivity contribution < 1.29 is 0 Å². The summed E-state index contributed by atoms with van der Waals surface area (Å²) in [4.78, 5) is 0. The lowest BCUT2D eigenvalue weighted by Gasteiger charge is -2.57. The van der Waals surface area contributed by atoms with E-state index in [1.807, 2.05) is 0 Å². The molecular formula is C19H32. The van der Waals surface area contributed by atoms with Crippen molar-refractivity contribution in [3.8, 4) is 0 Å². The van der Waals surface area contributed by atoms with Gasteiger partial charge in [0.05, 0.1) is 0 Å². The number of rotatable bonds is 0. The Bertz CT molecular complexity index is 306. The van der Waals surface area contributed by atoms with Gasteiger partial charge in [0.25, 0.3) is 0 Å². The van der Waals surface area contributed by atoms with E-state index in [1.54, 1.807) is 83.5 Å². The minimum atomic E-state index is 0.837. The summed E-state index contributed by atoms with van der Waals surface area (Å²) >= 11 is 0. The second kappa shape index (κ2) is 5.08. The second-order valence-electron chi connectivity index (χ2n) is 8.37. The van der Waals surface area contributed by atoms with Gasteiger partial charge in [-0.15, -0.1) is 0 Å². The standard InChI is InChI=1S/C19H32/c1-4-12-19(13-5-1)14-6-9-17-16-8-3-2-7-15(16)10-11-18(17)19/h15-18H,1-14H2. The van der Waals surface area contributed by atoms with Crippen molar-refractivity contribution in [3.63, 3.8) is 0 Å². The third-order valence-corrected chi connectivity index (χ3v) is 7.73. The van der Waals surface area contributed by atoms with Gasteiger partial charge in [-0.25, -0.2) is 0 Å². The molecule has 0 heterocycles. The number of fused-ring (bicyclic) bond motifs is 4. The second-order valence-corrected chi connectivity index (χ2v) is 8.37. The van der Waals surface area contributed by atoms with Crippen molar-refractivity contribution in [2.24, 2.45) is 29.1 Å². The summed E-state index contributed by atoms with van der Waals surface area (Å²) in [7, 11) is 0. The molecule has 0 amide bonds. The molecule has 4 unspecified atom stereocenters. The van der Waals surface area contributed by atoms with Gasteiger partial charge in [-0.05, 0) is 74.0 Å². The van der Waals surface area contributed by atoms with E-state index >= 15 is 0 Å². The molecule has 0 aromatic heterocycles. The highest BCUT2D eigenvalue weighted by Crippen LogP contribution is 2.61. The molecule has 0 heteroatoms. The van der Waals surface area contributed by atoms with Crippen molar-refractivity contribution in [1.82, 2.24) is 0 Å². The van der Waals surface area contributed by atoms with Gasteiger partial charge in [0.2, 0.25) is 0 Å². The van der Waals surface area contributed by atoms with Gasteiger partial charge in [-0.2, -0.15) is 0 Å². The van der Waals surface area contributed by atoms with Crippen LogP contribution in [0.15, 0.2) is 0 Å². The summed E-state index contributed by atoms with van der Waals surface area (Å²) in [6.07, 6.45) is 22.1. The molecule has 0 bridgehead atoms. The van der Waals surface area contributed by atoms with Crippen LogP contribution in [0.2, 0.25) is 0 Å². The predicted octanol–water partition coefficient (Wildman–Crippen LogP) is 5.95. The monoisotopic (exact) mass is 260 g/mol. The molecule has 0 aromatic carbocycles. The van der Waals surface area contributed by atoms with Crippen LogP contribution in [0.4, 0.5) is 0 Å². The molecule has 4 aliphatic rings. The van der Waals surface area contributed by atoms with Crippen LogP contribution in [-0.4, -0.2) is 0 Å². The van der Waals surface area contributed by atoms with Crippen molar-refractivity contribution >= 4 is 0 Å². The third kappa shape index (κ3) is 2.09. The van der Waals surface area contributed by atoms with Crippen LogP contribution in [0.25, 0.3) is 0 Å². The summed E-state index contributed by atoms with van der Waals surface area (Å²) in [5, 5.41) is 0. The maximum atomic E-state index is 1.62. The fourth-order valence-corrected chi connectivity index (χ4v) is 6.99. The molecule has 0 radical (unpaired) electrons. The van der Waals surface area contributed by atoms with E-state index in [9.17, 15) is 0 Å². The van der Waals surface area contributed by atoms with Gasteiger partial charge in [-0.3, -0.25) is 0 Å². The van der Waals surface area contributed by atoms with Crippen molar-refractivity contribution in [1.29, 1.82) is 0 Å². The highest BCUT2D eigenvalue weighted by Gasteiger charge is 2.51. The molecule has 4 saturated carbocycles. The fourth-order valence-electron chi connectivity index (χ4n) is 6.99. The Morgan fingerprint density at radius 3 is 2.16 bits per heavy atom. The Morgan fingerprint density at radius 2 is 1.26 bits per heavy atom. The fraction of sp³-hybridized carbons (Fsp3) is 1.00. The van der Waals surface area contributed by atoms with Gasteiger partial charge in [0.1, 0.15) is 0 Å². The summed E-state index contributed by atoms with van der Waals surface area (Å²) in [6.45, 7) is 0. The zero-order valence-electron chi connectivity index (χ0n) is 12.7. The molecule has 0 nitrogen and oxygen atoms in total. The molecule has 0 aliphatic heterocycles. The van der Waals surface area contributed by atoms with E-state index in [0.29, 0.717) is 0 Å². The van der Waals surface area contributed by atoms with Crippen molar-refractivity contribution in [2.45, 2.75) is 89.9 Å². The maximum absolute atomic E-state index is 1.62. The van der Waals surface area contributed by atoms with Crippen LogP contribution in [-0.2, 0) is 0 Å². The minimum Gasteiger partial charge on any atom is -0.0533 e. The Labute approximate surface area is 119 Å². The Morgan fingerprint density at radius 1 is 0.526 bits per heavy atom. The highest BCUT2D eigenvalue weighted by atomic mass is 14.6. The van der Waals surface area contributed by atoms with Crippen molar-refractivity contribution in [3.05, 3.63) is 0 Å². The first-order chi connectivity index (χ1) is 9.39. The molecule has 0 saturated heterocycles. The maximum Gasteiger partial charge on any atom is -0.0266 e. The van der Waals surface area contributed by atoms with Gasteiger partial charge in [0.15, 0.2) is 0 Å². The predicted molar refractivity (Wildman–Crippen MR) is 81.0 cm³/mol. The Kier molecular flexibility index (Phi) is 3.40. The van der Waals surface area contributed by atoms with E-state index < -0.39 is 0 Å². The van der Waals surface area contributed by atoms with Crippen LogP contribution in [0.3, 0.4) is 0 Å². The van der Waals surface area contributed by atoms with Crippen LogP contribution < -0.4 is 0 Å². The normalized spacial score (nSPS) is 45.5. The molecule has 108 valence electrons. The molecular weight excluding hydrogens is 228 g/mol. The van der Waals surface area contributed by atoms with E-state index in [4.69, 9.17) is 0 Å². The summed E-state index contributed by atoms with van der Waals surface area (Å²) in [6, 6.07) is 0. The molecule has 4 rings (SSSR count). The first kappa shape index (κ1) is 12.7. The highest BCUT2D eigenvalue weighted by molar-refractivity contribution is 5.01. The number of hydrogen-bond donors (Lipinski definition) is 0. The average Bonchev–Trinajstić information content (AvgIpc) is 2.48. The lowest BCUT2D eigenvalue weighted by atomic mass is 9.48. The SMILES string of the molecule is C1CCC2(CC1)CCCC1C3CCCCC3CCC12. The van der Waals surface area contributed by atoms with Crippen LogP contribution >= 0.6 is 0 Å². The van der Waals surface area contributed by atoms with Gasteiger partial charge < -0.3 is 0 Å². The van der Waals surface area contributed by atoms with Crippen LogP contribution in [0.1, 0.15) is 89.9 Å². The summed E-state index contributed by atoms with van der Waals surface area (Å²) in [5.41, 5.74) is 0.837. The van der Waals surface area contributed by atoms with Gasteiger partial charge in [0, 0.05) is 0 Å². The van der Waals surface area contributed by atoms with E-state index in [0.717, 1.165) is 29.1 Å². The molecule has 19 heavy (non-hydrogen) atoms. The third-order valence-electron chi connectivity index (χ3n) is 7.73. The van der Waals surface area contributed by atoms with Crippen molar-refractivity contribution in [2.75, 3.05) is 0 Å². The van der Waals surface area contributed by atoms with Gasteiger partial charge >= 0.3 is 0 Å². The molecule has 0 aromatic rings. The molecule has 0 N–H and O–H groups in total. The topological polar surface area (TPSA) is 0 Å². The zero-order chi connectivity index (χ0) is 12.7. The summed E-state index contributed by atoms with van der Waals surface area (Å²) in [5.74, 6) is 4.62. The van der Waals surface area contributed by atoms with E-state index in [1.165, 1.54) is 6.42 Å². The molecule has 1 spiro atoms. The lowest BCUT2D eigenvalue weighted by molar-refractivity contribution is -0.0716. The zero-order valence-corrected chi connectivity index (χ0v) is 12.7. The molecule has 4 atom stereocenters. The van der Waals surface area contributed by atoms with Crippen LogP contribution in [0, 0.1) is 29.1 Å². The smallest absolute Gasteiger partial charge is 0.0266 e. The first-order valence-electron chi connectivity index (χ1n) is 9.39. The largest absolute Gasteiger partial charge is 0.0533 e. The van der Waals surface area contributed by atoms with E-state index in [2.05, 4.69) is 0 Å². The molecule has 4 fully saturated rings. The lowest BCUT2D eigenvalue weighted by Crippen LogP contribution is -2.48. The van der Waals surface area contributed by atoms with Gasteiger partial charge in [-0.1, -0.05) is 44.9 Å². The van der Waals surface area contributed by atoms with E-state index in [-0.39, 0.29) is 0 Å². The molecule has 4 aliphatic carbocycles. The average molecular weight is 260 g/mol. The summed E-state index contributed by atoms with van der Waals surface area (Å²) < 4.78 is 0. The Hall–Kier alpha value is 0. The Balaban J connectivity index is 1.58.